The molecule has 43 heavy (non-hydrogen) atoms. The molecule has 0 unspecified atom stereocenters. The van der Waals surface area contributed by atoms with Crippen molar-refractivity contribution < 1.29 is 31.4 Å². The molecule has 0 aromatic heterocycles. The fourth-order valence-corrected chi connectivity index (χ4v) is 6.26. The van der Waals surface area contributed by atoms with Gasteiger partial charge in [0.15, 0.2) is 0 Å². The van der Waals surface area contributed by atoms with Gasteiger partial charge in [0.25, 0.3) is 10.1 Å². The molecule has 1 fully saturated rings. The zero-order chi connectivity index (χ0) is 30.3. The summed E-state index contributed by atoms with van der Waals surface area (Å²) in [5, 5.41) is 0. The van der Waals surface area contributed by atoms with Gasteiger partial charge in [0.1, 0.15) is 23.4 Å². The van der Waals surface area contributed by atoms with Gasteiger partial charge in [-0.2, -0.15) is 8.42 Å². The Morgan fingerprint density at radius 3 is 1.26 bits per heavy atom. The van der Waals surface area contributed by atoms with Gasteiger partial charge in [-0.25, -0.2) is 0 Å². The van der Waals surface area contributed by atoms with E-state index in [0.29, 0.717) is 0 Å². The Kier molecular flexibility index (Phi) is 9.61. The van der Waals surface area contributed by atoms with Crippen LogP contribution in [0.3, 0.4) is 0 Å². The Morgan fingerprint density at radius 1 is 0.651 bits per heavy atom. The number of methoxy groups -OCH3 is 2. The van der Waals surface area contributed by atoms with Gasteiger partial charge in [0, 0.05) is 14.2 Å². The molecule has 5 rings (SSSR count). The van der Waals surface area contributed by atoms with Crippen molar-refractivity contribution in [1.29, 1.82) is 0 Å². The molecule has 0 radical (unpaired) electrons. The summed E-state index contributed by atoms with van der Waals surface area (Å²) in [6, 6.07) is 39.7. The Balaban J connectivity index is 1.73. The van der Waals surface area contributed by atoms with Crippen LogP contribution in [0.25, 0.3) is 0 Å². The van der Waals surface area contributed by atoms with Crippen LogP contribution in [0.5, 0.6) is 0 Å². The summed E-state index contributed by atoms with van der Waals surface area (Å²) >= 11 is 0. The molecule has 9 heteroatoms. The number of rotatable bonds is 12. The monoisotopic (exact) mass is 598 g/mol. The normalized spacial score (nSPS) is 17.9. The summed E-state index contributed by atoms with van der Waals surface area (Å²) in [7, 11) is -1.15. The first kappa shape index (κ1) is 30.9. The lowest BCUT2D eigenvalue weighted by molar-refractivity contribution is -0.136. The molecule has 4 aromatic rings. The highest BCUT2D eigenvalue weighted by Gasteiger charge is 2.61. The van der Waals surface area contributed by atoms with E-state index in [0.717, 1.165) is 28.5 Å². The first-order valence-electron chi connectivity index (χ1n) is 14.0. The van der Waals surface area contributed by atoms with Crippen LogP contribution in [0.4, 0.5) is 0 Å². The average Bonchev–Trinajstić information content (AvgIpc) is 3.47. The lowest BCUT2D eigenvalue weighted by Gasteiger charge is -2.46. The molecule has 4 aromatic carbocycles. The Labute approximate surface area is 254 Å². The maximum Gasteiger partial charge on any atom is 0.486 e. The van der Waals surface area contributed by atoms with E-state index in [1.54, 1.807) is 26.3 Å². The SMILES string of the molecule is COC(c1ccccc1)(c1ccccc1)[C@@H]1OB(/C=C/COS(C)(=O)=O)O[C@H]1C(OC)(c1ccccc1)c1ccccc1. The number of hydrogen-bond acceptors (Lipinski definition) is 7. The summed E-state index contributed by atoms with van der Waals surface area (Å²) in [6.07, 6.45) is 1.07. The van der Waals surface area contributed by atoms with Gasteiger partial charge in [-0.05, 0) is 22.3 Å². The standard InChI is InChI=1S/C34H35BO7S/c1-38-33(27-17-8-4-9-18-27,28-19-10-5-11-20-28)31-32(42-35(41-31)25-16-26-40-43(3,36)37)34(39-2,29-21-12-6-13-22-29)30-23-14-7-15-24-30/h4-25,31-32H,26H2,1-3H3/b25-16+/t31-,32-/m1/s1. The minimum absolute atomic E-state index is 0.156. The van der Waals surface area contributed by atoms with Crippen LogP contribution in [0.15, 0.2) is 133 Å². The van der Waals surface area contributed by atoms with E-state index >= 15 is 0 Å². The third-order valence-electron chi connectivity index (χ3n) is 7.76. The van der Waals surface area contributed by atoms with E-state index in [1.807, 2.05) is 121 Å². The van der Waals surface area contributed by atoms with E-state index in [1.165, 1.54) is 0 Å². The fraction of sp³-hybridized carbons (Fsp3) is 0.235. The second-order valence-electron chi connectivity index (χ2n) is 10.2. The maximum atomic E-state index is 11.5. The van der Waals surface area contributed by atoms with E-state index in [9.17, 15) is 8.42 Å². The van der Waals surface area contributed by atoms with Crippen LogP contribution in [0.1, 0.15) is 22.3 Å². The summed E-state index contributed by atoms with van der Waals surface area (Å²) in [6.45, 7) is -0.156. The Hall–Kier alpha value is -3.57. The van der Waals surface area contributed by atoms with Crippen LogP contribution in [0, 0.1) is 0 Å². The molecule has 7 nitrogen and oxygen atoms in total. The average molecular weight is 599 g/mol. The molecule has 0 bridgehead atoms. The molecule has 0 saturated carbocycles. The maximum absolute atomic E-state index is 11.5. The van der Waals surface area contributed by atoms with Crippen LogP contribution in [-0.2, 0) is 44.3 Å². The highest BCUT2D eigenvalue weighted by Crippen LogP contribution is 2.50. The third-order valence-corrected chi connectivity index (χ3v) is 8.33. The summed E-state index contributed by atoms with van der Waals surface area (Å²) in [5.74, 6) is 1.66. The molecule has 1 aliphatic heterocycles. The molecular formula is C34H35BO7S. The first-order chi connectivity index (χ1) is 20.8. The molecule has 1 saturated heterocycles. The zero-order valence-electron chi connectivity index (χ0n) is 24.4. The van der Waals surface area contributed by atoms with Gasteiger partial charge in [-0.3, -0.25) is 4.18 Å². The molecule has 1 heterocycles. The predicted octanol–water partition coefficient (Wildman–Crippen LogP) is 5.51. The Morgan fingerprint density at radius 2 is 0.977 bits per heavy atom. The van der Waals surface area contributed by atoms with Crippen molar-refractivity contribution in [3.05, 3.63) is 156 Å². The predicted molar refractivity (Wildman–Crippen MR) is 167 cm³/mol. The summed E-state index contributed by atoms with van der Waals surface area (Å²) < 4.78 is 54.8. The fourth-order valence-electron chi connectivity index (χ4n) is 5.94. The van der Waals surface area contributed by atoms with Gasteiger partial charge in [0.2, 0.25) is 0 Å². The van der Waals surface area contributed by atoms with Crippen molar-refractivity contribution in [1.82, 2.24) is 0 Å². The molecule has 222 valence electrons. The quantitative estimate of drug-likeness (QED) is 0.157. The molecule has 2 atom stereocenters. The minimum Gasteiger partial charge on any atom is -0.398 e. The van der Waals surface area contributed by atoms with Crippen molar-refractivity contribution in [3.8, 4) is 0 Å². The smallest absolute Gasteiger partial charge is 0.398 e. The summed E-state index contributed by atoms with van der Waals surface area (Å²) in [4.78, 5) is 0. The lowest BCUT2D eigenvalue weighted by atomic mass is 9.71. The van der Waals surface area contributed by atoms with Crippen molar-refractivity contribution in [2.24, 2.45) is 0 Å². The highest BCUT2D eigenvalue weighted by atomic mass is 32.2. The number of benzene rings is 4. The molecule has 0 amide bonds. The van der Waals surface area contributed by atoms with Crippen molar-refractivity contribution >= 4 is 17.2 Å². The molecule has 0 N–H and O–H groups in total. The molecule has 0 aliphatic carbocycles. The van der Waals surface area contributed by atoms with Gasteiger partial charge < -0.3 is 18.8 Å². The minimum atomic E-state index is -3.61. The highest BCUT2D eigenvalue weighted by molar-refractivity contribution is 7.86. The van der Waals surface area contributed by atoms with Crippen LogP contribution >= 0.6 is 0 Å². The van der Waals surface area contributed by atoms with E-state index < -0.39 is 40.6 Å². The summed E-state index contributed by atoms with van der Waals surface area (Å²) in [5.41, 5.74) is 1.23. The van der Waals surface area contributed by atoms with Gasteiger partial charge in [0.05, 0.1) is 12.9 Å². The molecular weight excluding hydrogens is 563 g/mol. The molecule has 0 spiro atoms. The van der Waals surface area contributed by atoms with Gasteiger partial charge >= 0.3 is 7.12 Å². The van der Waals surface area contributed by atoms with Crippen molar-refractivity contribution in [3.63, 3.8) is 0 Å². The van der Waals surface area contributed by atoms with E-state index in [2.05, 4.69) is 0 Å². The second-order valence-corrected chi connectivity index (χ2v) is 11.9. The van der Waals surface area contributed by atoms with Gasteiger partial charge in [-0.1, -0.05) is 133 Å². The third kappa shape index (κ3) is 6.24. The number of ether oxygens (including phenoxy) is 2. The van der Waals surface area contributed by atoms with E-state index in [-0.39, 0.29) is 6.61 Å². The lowest BCUT2D eigenvalue weighted by Crippen LogP contribution is -2.56. The van der Waals surface area contributed by atoms with Crippen molar-refractivity contribution in [2.45, 2.75) is 23.4 Å². The topological polar surface area (TPSA) is 80.3 Å². The second kappa shape index (κ2) is 13.4. The van der Waals surface area contributed by atoms with Crippen LogP contribution < -0.4 is 0 Å². The van der Waals surface area contributed by atoms with E-state index in [4.69, 9.17) is 23.0 Å². The number of hydrogen-bond donors (Lipinski definition) is 0. The molecule has 1 aliphatic rings. The van der Waals surface area contributed by atoms with Crippen LogP contribution in [-0.4, -0.2) is 54.8 Å². The zero-order valence-corrected chi connectivity index (χ0v) is 25.2. The van der Waals surface area contributed by atoms with Gasteiger partial charge in [-0.15, -0.1) is 0 Å². The largest absolute Gasteiger partial charge is 0.486 e. The van der Waals surface area contributed by atoms with Crippen molar-refractivity contribution in [2.75, 3.05) is 27.1 Å². The first-order valence-corrected chi connectivity index (χ1v) is 15.8. The Bertz CT molecular complexity index is 1410. The van der Waals surface area contributed by atoms with Crippen LogP contribution in [0.2, 0.25) is 0 Å².